The average Bonchev–Trinajstić information content (AvgIpc) is 3.95. The number of amides is 2. The minimum Gasteiger partial charge on any atom is -0.478 e. The van der Waals surface area contributed by atoms with E-state index in [9.17, 15) is 32.7 Å². The topological polar surface area (TPSA) is 177 Å². The van der Waals surface area contributed by atoms with Crippen molar-refractivity contribution in [2.75, 3.05) is 11.9 Å². The molecule has 0 spiro atoms. The lowest BCUT2D eigenvalue weighted by atomic mass is 9.91. The van der Waals surface area contributed by atoms with Crippen LogP contribution in [0.2, 0.25) is 0 Å². The second-order valence-corrected chi connectivity index (χ2v) is 18.1. The molecule has 2 amide bonds. The second-order valence-electron chi connectivity index (χ2n) is 15.9. The number of aromatic nitrogens is 2. The first kappa shape index (κ1) is 37.6. The number of allylic oxidation sites excluding steroid dienone is 2. The smallest absolute Gasteiger partial charge is 0.337 e. The van der Waals surface area contributed by atoms with Crippen molar-refractivity contribution in [1.29, 1.82) is 0 Å². The van der Waals surface area contributed by atoms with Gasteiger partial charge in [-0.25, -0.2) is 13.2 Å². The lowest BCUT2D eigenvalue weighted by Crippen LogP contribution is -2.49. The average molecular weight is 760 g/mol. The van der Waals surface area contributed by atoms with Gasteiger partial charge in [0, 0.05) is 24.6 Å². The number of fused-ring (bicyclic) bond motifs is 3. The normalized spacial score (nSPS) is 27.7. The van der Waals surface area contributed by atoms with Gasteiger partial charge in [0.05, 0.1) is 33.8 Å². The maximum atomic E-state index is 14.7. The van der Waals surface area contributed by atoms with Crippen LogP contribution in [-0.2, 0) is 24.4 Å². The number of para-hydroxylation sites is 2. The molecule has 3 fully saturated rings. The van der Waals surface area contributed by atoms with Crippen molar-refractivity contribution in [1.82, 2.24) is 19.2 Å². The lowest BCUT2D eigenvalue weighted by molar-refractivity contribution is -0.139. The van der Waals surface area contributed by atoms with Crippen molar-refractivity contribution in [3.63, 3.8) is 0 Å². The molecule has 0 unspecified atom stereocenters. The number of imidazole rings is 1. The number of rotatable bonds is 9. The summed E-state index contributed by atoms with van der Waals surface area (Å²) in [5, 5.41) is 13.3. The molecule has 14 heteroatoms. The maximum Gasteiger partial charge on any atom is 0.337 e. The summed E-state index contributed by atoms with van der Waals surface area (Å²) in [6.07, 6.45) is 8.25. The predicted molar refractivity (Wildman–Crippen MR) is 203 cm³/mol. The summed E-state index contributed by atoms with van der Waals surface area (Å²) in [6, 6.07) is 12.8. The number of carbonyl (C=O) groups excluding carboxylic acids is 3. The zero-order valence-corrected chi connectivity index (χ0v) is 31.8. The number of hydrogen-bond donors (Lipinski definition) is 3. The van der Waals surface area contributed by atoms with Gasteiger partial charge >= 0.3 is 5.97 Å². The SMILES string of the molecule is CC(C)n1c(O[C@@H]2C[C@H]3C(=O)C[C@]4(C(=O)NS(=O)(=O)C5(C)CC5)C[C@H]4/C=C\CCCCC[C@H](Nc4ccccc4)C(=O)N3C2)nc2c(C(=O)O)cccc21. The van der Waals surface area contributed by atoms with Gasteiger partial charge in [0.2, 0.25) is 21.8 Å². The van der Waals surface area contributed by atoms with E-state index in [1.165, 1.54) is 6.07 Å². The van der Waals surface area contributed by atoms with Gasteiger partial charge < -0.3 is 20.1 Å². The summed E-state index contributed by atoms with van der Waals surface area (Å²) < 4.78 is 36.0. The molecule has 2 aromatic carbocycles. The van der Waals surface area contributed by atoms with Crippen molar-refractivity contribution in [2.45, 2.75) is 114 Å². The van der Waals surface area contributed by atoms with Crippen molar-refractivity contribution in [2.24, 2.45) is 11.3 Å². The molecule has 5 atom stereocenters. The summed E-state index contributed by atoms with van der Waals surface area (Å²) in [5.41, 5.74) is 0.415. The third-order valence-corrected chi connectivity index (χ3v) is 13.8. The Balaban J connectivity index is 1.22. The third-order valence-electron chi connectivity index (χ3n) is 11.7. The molecule has 3 N–H and O–H groups in total. The van der Waals surface area contributed by atoms with E-state index in [4.69, 9.17) is 4.74 Å². The van der Waals surface area contributed by atoms with Gasteiger partial charge in [-0.1, -0.05) is 49.3 Å². The monoisotopic (exact) mass is 759 g/mol. The molecule has 13 nitrogen and oxygen atoms in total. The summed E-state index contributed by atoms with van der Waals surface area (Å²) in [6.45, 7) is 5.54. The van der Waals surface area contributed by atoms with E-state index in [1.54, 1.807) is 24.0 Å². The number of Topliss-reactive ketones (excluding diaryl/α,β-unsaturated/α-hetero) is 1. The quantitative estimate of drug-likeness (QED) is 0.232. The highest BCUT2D eigenvalue weighted by Crippen LogP contribution is 2.57. The first-order chi connectivity index (χ1) is 25.7. The number of aromatic carboxylic acids is 1. The molecule has 54 heavy (non-hydrogen) atoms. The first-order valence-electron chi connectivity index (χ1n) is 19.0. The Labute approximate surface area is 315 Å². The van der Waals surface area contributed by atoms with Crippen LogP contribution in [0.3, 0.4) is 0 Å². The number of sulfonamides is 1. The molecule has 7 rings (SSSR count). The molecule has 3 heterocycles. The van der Waals surface area contributed by atoms with Gasteiger partial charge in [-0.2, -0.15) is 4.98 Å². The lowest BCUT2D eigenvalue weighted by Gasteiger charge is -2.30. The van der Waals surface area contributed by atoms with Crippen LogP contribution in [-0.4, -0.2) is 81.0 Å². The van der Waals surface area contributed by atoms with Crippen LogP contribution < -0.4 is 14.8 Å². The van der Waals surface area contributed by atoms with E-state index in [0.29, 0.717) is 31.2 Å². The second kappa shape index (κ2) is 14.5. The van der Waals surface area contributed by atoms with Crippen LogP contribution in [0.5, 0.6) is 6.01 Å². The molecule has 2 aliphatic carbocycles. The Morgan fingerprint density at radius 3 is 2.50 bits per heavy atom. The minimum atomic E-state index is -3.94. The predicted octanol–water partition coefficient (Wildman–Crippen LogP) is 5.63. The van der Waals surface area contributed by atoms with Crippen LogP contribution in [0, 0.1) is 11.3 Å². The number of carbonyl (C=O) groups is 4. The standard InChI is InChI=1S/C40H49N5O8S/c1-25(2)45-31-18-12-16-29(36(48)49)34(31)42-38(45)53-28-21-32-33(46)23-40(37(50)43-54(51,52)39(3)19-20-39)22-26(40)13-8-5-4-6-11-17-30(35(47)44(32)24-28)41-27-14-9-7-10-15-27/h7-10,12-16,18,25-26,28,30,32,41H,4-6,11,17,19-24H2,1-3H3,(H,43,50)(H,48,49)/b13-8-/t26-,28-,30+,32+,40-/m1/s1. The Bertz CT molecular complexity index is 2090. The van der Waals surface area contributed by atoms with E-state index >= 15 is 0 Å². The van der Waals surface area contributed by atoms with Gasteiger partial charge in [0.15, 0.2) is 5.78 Å². The summed E-state index contributed by atoms with van der Waals surface area (Å²) in [4.78, 5) is 61.4. The molecule has 0 radical (unpaired) electrons. The maximum absolute atomic E-state index is 14.7. The van der Waals surface area contributed by atoms with Crippen LogP contribution in [0.1, 0.15) is 101 Å². The summed E-state index contributed by atoms with van der Waals surface area (Å²) in [5.74, 6) is -2.71. The van der Waals surface area contributed by atoms with Gasteiger partial charge in [-0.3, -0.25) is 23.7 Å². The number of ether oxygens (including phenoxy) is 1. The molecule has 288 valence electrons. The van der Waals surface area contributed by atoms with Crippen molar-refractivity contribution < 1.29 is 37.4 Å². The van der Waals surface area contributed by atoms with E-state index < -0.39 is 50.2 Å². The van der Waals surface area contributed by atoms with Crippen molar-refractivity contribution >= 4 is 50.3 Å². The molecule has 4 aliphatic rings. The number of nitrogens with one attached hydrogen (secondary N) is 2. The van der Waals surface area contributed by atoms with Gasteiger partial charge in [0.1, 0.15) is 17.7 Å². The Kier molecular flexibility index (Phi) is 10.1. The zero-order chi connectivity index (χ0) is 38.4. The van der Waals surface area contributed by atoms with Crippen molar-refractivity contribution in [3.05, 3.63) is 66.2 Å². The molecular weight excluding hydrogens is 711 g/mol. The zero-order valence-electron chi connectivity index (χ0n) is 31.0. The molecule has 1 aromatic heterocycles. The number of hydrogen-bond acceptors (Lipinski definition) is 9. The molecular formula is C40H49N5O8S. The molecule has 2 saturated carbocycles. The summed E-state index contributed by atoms with van der Waals surface area (Å²) in [7, 11) is -3.94. The number of nitrogens with zero attached hydrogens (tertiary/aromatic N) is 3. The number of carboxylic acid groups (broad SMARTS) is 1. The van der Waals surface area contributed by atoms with Crippen LogP contribution in [0.4, 0.5) is 5.69 Å². The number of benzene rings is 2. The fraction of sp³-hybridized carbons (Fsp3) is 0.525. The fourth-order valence-corrected chi connectivity index (χ4v) is 9.36. The molecule has 2 aliphatic heterocycles. The Hall–Kier alpha value is -4.72. The van der Waals surface area contributed by atoms with E-state index in [-0.39, 0.29) is 60.1 Å². The highest BCUT2D eigenvalue weighted by molar-refractivity contribution is 7.91. The minimum absolute atomic E-state index is 0.0327. The van der Waals surface area contributed by atoms with Gasteiger partial charge in [0.25, 0.3) is 6.01 Å². The van der Waals surface area contributed by atoms with Crippen molar-refractivity contribution in [3.8, 4) is 6.01 Å². The molecule has 0 bridgehead atoms. The van der Waals surface area contributed by atoms with Crippen LogP contribution in [0.25, 0.3) is 11.0 Å². The highest BCUT2D eigenvalue weighted by Gasteiger charge is 2.62. The fourth-order valence-electron chi connectivity index (χ4n) is 8.02. The largest absolute Gasteiger partial charge is 0.478 e. The molecule has 1 saturated heterocycles. The Morgan fingerprint density at radius 2 is 1.80 bits per heavy atom. The van der Waals surface area contributed by atoms with E-state index in [1.807, 2.05) is 60.9 Å². The number of carboxylic acids is 1. The number of anilines is 1. The third kappa shape index (κ3) is 7.24. The van der Waals surface area contributed by atoms with E-state index in [2.05, 4.69) is 15.0 Å². The first-order valence-corrected chi connectivity index (χ1v) is 20.5. The molecule has 3 aromatic rings. The van der Waals surface area contributed by atoms with E-state index in [0.717, 1.165) is 31.4 Å². The number of ketones is 1. The van der Waals surface area contributed by atoms with Gasteiger partial charge in [-0.15, -0.1) is 0 Å². The Morgan fingerprint density at radius 1 is 1.04 bits per heavy atom. The van der Waals surface area contributed by atoms with Gasteiger partial charge in [-0.05, 0) is 89.5 Å². The summed E-state index contributed by atoms with van der Waals surface area (Å²) >= 11 is 0. The van der Waals surface area contributed by atoms with Crippen LogP contribution in [0.15, 0.2) is 60.7 Å². The highest BCUT2D eigenvalue weighted by atomic mass is 32.2. The van der Waals surface area contributed by atoms with Crippen LogP contribution >= 0.6 is 0 Å².